The van der Waals surface area contributed by atoms with E-state index >= 15 is 0 Å². The maximum absolute atomic E-state index is 12.2. The van der Waals surface area contributed by atoms with Gasteiger partial charge in [0.1, 0.15) is 17.4 Å². The number of ether oxygens (including phenoxy) is 2. The second-order valence-electron chi connectivity index (χ2n) is 7.13. The van der Waals surface area contributed by atoms with Crippen molar-refractivity contribution in [2.45, 2.75) is 19.8 Å². The van der Waals surface area contributed by atoms with Gasteiger partial charge in [-0.2, -0.15) is 0 Å². The zero-order chi connectivity index (χ0) is 30.3. The largest absolute Gasteiger partial charge is 0.481 e. The van der Waals surface area contributed by atoms with Crippen molar-refractivity contribution in [2.24, 2.45) is 11.8 Å². The van der Waals surface area contributed by atoms with E-state index in [0.29, 0.717) is 0 Å². The van der Waals surface area contributed by atoms with Gasteiger partial charge >= 0.3 is 23.9 Å². The quantitative estimate of drug-likeness (QED) is 0.288. The molecule has 41 heavy (non-hydrogen) atoms. The summed E-state index contributed by atoms with van der Waals surface area (Å²) in [6.07, 6.45) is 3.98. The van der Waals surface area contributed by atoms with Crippen LogP contribution in [-0.4, -0.2) is 34.1 Å². The standard InChI is InChI=1S/C33H16O8/c1-3-4-5-6-7-8-9-10-11-12-13-14-15-16-17-18-20-27(33(38)39)24-31(35)41-29-22-19-21-28(25-29)40-30(34)23-26(2)32(36)37/h1,19,21-22,25-27H,23-24H2,2H3,(H,36,37)(H,38,39). The van der Waals surface area contributed by atoms with Crippen molar-refractivity contribution in [3.05, 3.63) is 24.3 Å². The first-order chi connectivity index (χ1) is 19.7. The van der Waals surface area contributed by atoms with Crippen LogP contribution in [-0.2, 0) is 19.2 Å². The molecule has 196 valence electrons. The van der Waals surface area contributed by atoms with Gasteiger partial charge in [-0.05, 0) is 107 Å². The SMILES string of the molecule is C#CC#CC#CC#CC#CC#CC#CC#CC#CC(CC(=O)Oc1cccc(OC(=O)CC(C)C(=O)O)c1)C(=O)O. The summed E-state index contributed by atoms with van der Waals surface area (Å²) in [5.74, 6) is 33.7. The number of benzene rings is 1. The van der Waals surface area contributed by atoms with Crippen LogP contribution in [0.25, 0.3) is 0 Å². The van der Waals surface area contributed by atoms with Crippen molar-refractivity contribution in [1.29, 1.82) is 0 Å². The number of carboxylic acid groups (broad SMARTS) is 2. The van der Waals surface area contributed by atoms with Gasteiger partial charge in [0.05, 0.1) is 18.8 Å². The number of rotatable bonds is 8. The monoisotopic (exact) mass is 540 g/mol. The van der Waals surface area contributed by atoms with Crippen molar-refractivity contribution >= 4 is 23.9 Å². The van der Waals surface area contributed by atoms with E-state index in [1.54, 1.807) is 0 Å². The molecule has 0 bridgehead atoms. The van der Waals surface area contributed by atoms with Crippen molar-refractivity contribution < 1.29 is 38.9 Å². The second kappa shape index (κ2) is 19.3. The minimum absolute atomic E-state index is 0.0164. The fraction of sp³-hybridized carbons (Fsp3) is 0.152. The summed E-state index contributed by atoms with van der Waals surface area (Å²) in [6.45, 7) is 1.36. The molecule has 0 saturated heterocycles. The molecule has 0 amide bonds. The highest BCUT2D eigenvalue weighted by Crippen LogP contribution is 2.21. The Balaban J connectivity index is 2.68. The number of terminal acetylenes is 1. The number of hydrogen-bond acceptors (Lipinski definition) is 6. The van der Waals surface area contributed by atoms with Gasteiger partial charge in [0.15, 0.2) is 0 Å². The smallest absolute Gasteiger partial charge is 0.319 e. The molecule has 0 spiro atoms. The van der Waals surface area contributed by atoms with Gasteiger partial charge in [0.25, 0.3) is 0 Å². The summed E-state index contributed by atoms with van der Waals surface area (Å²) < 4.78 is 10.2. The topological polar surface area (TPSA) is 127 Å². The van der Waals surface area contributed by atoms with Gasteiger partial charge in [-0.15, -0.1) is 6.42 Å². The average Bonchev–Trinajstić information content (AvgIpc) is 2.92. The van der Waals surface area contributed by atoms with Crippen LogP contribution in [0.4, 0.5) is 0 Å². The molecule has 8 heteroatoms. The van der Waals surface area contributed by atoms with Crippen LogP contribution in [0.3, 0.4) is 0 Å². The molecule has 1 rings (SSSR count). The van der Waals surface area contributed by atoms with Crippen LogP contribution in [0, 0.1) is 119 Å². The van der Waals surface area contributed by atoms with E-state index in [4.69, 9.17) is 21.0 Å². The molecular formula is C33H16O8. The van der Waals surface area contributed by atoms with Crippen LogP contribution in [0.15, 0.2) is 24.3 Å². The lowest BCUT2D eigenvalue weighted by molar-refractivity contribution is -0.146. The Bertz CT molecular complexity index is 1760. The van der Waals surface area contributed by atoms with Crippen molar-refractivity contribution in [3.8, 4) is 119 Å². The fourth-order valence-corrected chi connectivity index (χ4v) is 2.22. The molecule has 1 aromatic carbocycles. The molecule has 2 unspecified atom stereocenters. The summed E-state index contributed by atoms with van der Waals surface area (Å²) in [6, 6.07) is 5.44. The lowest BCUT2D eigenvalue weighted by atomic mass is 10.1. The minimum Gasteiger partial charge on any atom is -0.481 e. The maximum atomic E-state index is 12.2. The van der Waals surface area contributed by atoms with E-state index in [9.17, 15) is 24.3 Å². The third-order valence-electron chi connectivity index (χ3n) is 4.03. The van der Waals surface area contributed by atoms with E-state index in [1.807, 2.05) is 0 Å². The molecule has 2 atom stereocenters. The average molecular weight is 540 g/mol. The van der Waals surface area contributed by atoms with E-state index < -0.39 is 42.1 Å². The molecule has 0 aromatic heterocycles. The van der Waals surface area contributed by atoms with Crippen LogP contribution >= 0.6 is 0 Å². The first-order valence-electron chi connectivity index (χ1n) is 11.2. The maximum Gasteiger partial charge on any atom is 0.319 e. The predicted octanol–water partition coefficient (Wildman–Crippen LogP) is 1.36. The van der Waals surface area contributed by atoms with Crippen molar-refractivity contribution in [1.82, 2.24) is 0 Å². The van der Waals surface area contributed by atoms with E-state index in [0.717, 1.165) is 0 Å². The molecule has 2 N–H and O–H groups in total. The van der Waals surface area contributed by atoms with Gasteiger partial charge in [0, 0.05) is 6.07 Å². The lowest BCUT2D eigenvalue weighted by Gasteiger charge is -2.09. The fourth-order valence-electron chi connectivity index (χ4n) is 2.22. The Morgan fingerprint density at radius 1 is 0.683 bits per heavy atom. The molecular weight excluding hydrogens is 524 g/mol. The van der Waals surface area contributed by atoms with E-state index in [-0.39, 0.29) is 17.9 Å². The lowest BCUT2D eigenvalue weighted by Crippen LogP contribution is -2.20. The zero-order valence-corrected chi connectivity index (χ0v) is 21.3. The van der Waals surface area contributed by atoms with Crippen LogP contribution in [0.2, 0.25) is 0 Å². The number of aliphatic carboxylic acids is 2. The van der Waals surface area contributed by atoms with Gasteiger partial charge in [-0.1, -0.05) is 18.9 Å². The van der Waals surface area contributed by atoms with Crippen LogP contribution in [0.5, 0.6) is 11.5 Å². The number of carboxylic acids is 2. The molecule has 0 aliphatic carbocycles. The van der Waals surface area contributed by atoms with Crippen molar-refractivity contribution in [3.63, 3.8) is 0 Å². The molecule has 0 aliphatic rings. The first-order valence-corrected chi connectivity index (χ1v) is 11.2. The molecule has 0 aliphatic heterocycles. The third-order valence-corrected chi connectivity index (χ3v) is 4.03. The highest BCUT2D eigenvalue weighted by atomic mass is 16.5. The van der Waals surface area contributed by atoms with Gasteiger partial charge < -0.3 is 19.7 Å². The highest BCUT2D eigenvalue weighted by Gasteiger charge is 2.21. The first kappa shape index (κ1) is 32.2. The van der Waals surface area contributed by atoms with E-state index in [2.05, 4.69) is 101 Å². The number of carbonyl (C=O) groups excluding carboxylic acids is 2. The Morgan fingerprint density at radius 3 is 1.51 bits per heavy atom. The Labute approximate surface area is 237 Å². The van der Waals surface area contributed by atoms with Crippen LogP contribution in [0.1, 0.15) is 19.8 Å². The normalized spacial score (nSPS) is 9.07. The number of hydrogen-bond donors (Lipinski definition) is 2. The molecule has 0 saturated carbocycles. The summed E-state index contributed by atoms with van der Waals surface area (Å²) in [5, 5.41) is 18.2. The Hall–Kier alpha value is -6.86. The zero-order valence-electron chi connectivity index (χ0n) is 21.3. The molecule has 0 radical (unpaired) electrons. The molecule has 0 fully saturated rings. The molecule has 1 aromatic rings. The Morgan fingerprint density at radius 2 is 1.10 bits per heavy atom. The van der Waals surface area contributed by atoms with Crippen LogP contribution < -0.4 is 9.47 Å². The summed E-state index contributed by atoms with van der Waals surface area (Å²) >= 11 is 0. The van der Waals surface area contributed by atoms with Gasteiger partial charge in [-0.25, -0.2) is 0 Å². The predicted molar refractivity (Wildman–Crippen MR) is 146 cm³/mol. The van der Waals surface area contributed by atoms with E-state index in [1.165, 1.54) is 31.2 Å². The van der Waals surface area contributed by atoms with Crippen molar-refractivity contribution in [2.75, 3.05) is 0 Å². The van der Waals surface area contributed by atoms with Gasteiger partial charge in [-0.3, -0.25) is 19.2 Å². The molecule has 8 nitrogen and oxygen atoms in total. The van der Waals surface area contributed by atoms with Gasteiger partial charge in [0.2, 0.25) is 0 Å². The minimum atomic E-state index is -1.41. The summed E-state index contributed by atoms with van der Waals surface area (Å²) in [7, 11) is 0. The number of carbonyl (C=O) groups is 4. The summed E-state index contributed by atoms with van der Waals surface area (Å²) in [5.41, 5.74) is 0. The Kier molecular flexibility index (Phi) is 15.1. The highest BCUT2D eigenvalue weighted by molar-refractivity contribution is 5.83. The molecule has 0 heterocycles. The second-order valence-corrected chi connectivity index (χ2v) is 7.13. The number of esters is 2. The summed E-state index contributed by atoms with van der Waals surface area (Å²) in [4.78, 5) is 46.4. The third kappa shape index (κ3) is 15.8.